The number of nitrogens with two attached hydrogens (primary N) is 1. The zero-order valence-electron chi connectivity index (χ0n) is 16.4. The summed E-state index contributed by atoms with van der Waals surface area (Å²) >= 11 is 6.22. The summed E-state index contributed by atoms with van der Waals surface area (Å²) in [6.07, 6.45) is 3.31. The van der Waals surface area contributed by atoms with Gasteiger partial charge in [-0.3, -0.25) is 9.89 Å². The third kappa shape index (κ3) is 5.14. The van der Waals surface area contributed by atoms with Crippen molar-refractivity contribution in [3.63, 3.8) is 0 Å². The van der Waals surface area contributed by atoms with E-state index in [0.29, 0.717) is 25.7 Å². The summed E-state index contributed by atoms with van der Waals surface area (Å²) in [5.41, 5.74) is 8.19. The predicted octanol–water partition coefficient (Wildman–Crippen LogP) is 4.07. The van der Waals surface area contributed by atoms with E-state index in [0.717, 1.165) is 41.7 Å². The van der Waals surface area contributed by atoms with Crippen molar-refractivity contribution < 1.29 is 9.47 Å². The van der Waals surface area contributed by atoms with Gasteiger partial charge in [0.15, 0.2) is 17.5 Å². The lowest BCUT2D eigenvalue weighted by atomic mass is 10.1. The van der Waals surface area contributed by atoms with Crippen molar-refractivity contribution in [1.82, 2.24) is 4.90 Å². The molecule has 2 heterocycles. The summed E-state index contributed by atoms with van der Waals surface area (Å²) in [7, 11) is 0. The predicted molar refractivity (Wildman–Crippen MR) is 117 cm³/mol. The fraction of sp³-hybridized carbons (Fsp3) is 0.409. The van der Waals surface area contributed by atoms with Crippen LogP contribution in [0, 0.1) is 0 Å². The van der Waals surface area contributed by atoms with Gasteiger partial charge in [0.25, 0.3) is 0 Å². The highest BCUT2D eigenvalue weighted by Crippen LogP contribution is 2.32. The van der Waals surface area contributed by atoms with E-state index in [1.807, 2.05) is 36.4 Å². The highest BCUT2D eigenvalue weighted by Gasteiger charge is 2.23. The van der Waals surface area contributed by atoms with Crippen molar-refractivity contribution in [3.8, 4) is 11.5 Å². The molecule has 7 heteroatoms. The van der Waals surface area contributed by atoms with Gasteiger partial charge in [-0.1, -0.05) is 23.7 Å². The van der Waals surface area contributed by atoms with Crippen molar-refractivity contribution in [2.45, 2.75) is 25.3 Å². The molecule has 1 fully saturated rings. The maximum atomic E-state index is 6.22. The van der Waals surface area contributed by atoms with Gasteiger partial charge in [-0.2, -0.15) is 0 Å². The molecule has 0 saturated carbocycles. The number of hydrogen-bond acceptors (Lipinski definition) is 4. The number of benzene rings is 2. The van der Waals surface area contributed by atoms with Gasteiger partial charge in [-0.15, -0.1) is 0 Å². The lowest BCUT2D eigenvalue weighted by Gasteiger charge is -2.27. The second-order valence-corrected chi connectivity index (χ2v) is 7.81. The van der Waals surface area contributed by atoms with Crippen LogP contribution < -0.4 is 20.5 Å². The maximum Gasteiger partial charge on any atom is 0.193 e. The highest BCUT2D eigenvalue weighted by atomic mass is 35.5. The third-order valence-electron chi connectivity index (χ3n) is 5.27. The fourth-order valence-electron chi connectivity index (χ4n) is 3.81. The van der Waals surface area contributed by atoms with E-state index in [1.54, 1.807) is 0 Å². The summed E-state index contributed by atoms with van der Waals surface area (Å²) in [5, 5.41) is 3.91. The van der Waals surface area contributed by atoms with E-state index in [9.17, 15) is 0 Å². The lowest BCUT2D eigenvalue weighted by Crippen LogP contribution is -2.30. The van der Waals surface area contributed by atoms with Gasteiger partial charge in [0.2, 0.25) is 0 Å². The first-order chi connectivity index (χ1) is 14.2. The molecular formula is C22H27ClN4O2. The van der Waals surface area contributed by atoms with Gasteiger partial charge in [-0.25, -0.2) is 0 Å². The summed E-state index contributed by atoms with van der Waals surface area (Å²) in [5.74, 6) is 1.87. The van der Waals surface area contributed by atoms with Crippen molar-refractivity contribution in [2.75, 3.05) is 38.2 Å². The quantitative estimate of drug-likeness (QED) is 0.570. The molecule has 4 rings (SSSR count). The van der Waals surface area contributed by atoms with E-state index in [-0.39, 0.29) is 6.04 Å². The first kappa shape index (κ1) is 19.9. The largest absolute Gasteiger partial charge is 0.490 e. The van der Waals surface area contributed by atoms with Crippen molar-refractivity contribution in [2.24, 2.45) is 10.7 Å². The fourth-order valence-corrected chi connectivity index (χ4v) is 4.01. The molecule has 0 bridgehead atoms. The first-order valence-corrected chi connectivity index (χ1v) is 10.5. The monoisotopic (exact) mass is 414 g/mol. The van der Waals surface area contributed by atoms with Crippen LogP contribution in [0.5, 0.6) is 11.5 Å². The van der Waals surface area contributed by atoms with Crippen LogP contribution in [0.15, 0.2) is 47.5 Å². The Hall–Kier alpha value is -2.44. The molecule has 2 aromatic rings. The lowest BCUT2D eigenvalue weighted by molar-refractivity contribution is 0.252. The van der Waals surface area contributed by atoms with Crippen LogP contribution >= 0.6 is 11.6 Å². The molecule has 2 aromatic carbocycles. The Morgan fingerprint density at radius 1 is 1.07 bits per heavy atom. The van der Waals surface area contributed by atoms with Gasteiger partial charge in [0, 0.05) is 23.2 Å². The third-order valence-corrected chi connectivity index (χ3v) is 5.50. The molecule has 29 heavy (non-hydrogen) atoms. The molecule has 1 atom stereocenters. The molecule has 1 saturated heterocycles. The highest BCUT2D eigenvalue weighted by molar-refractivity contribution is 6.30. The van der Waals surface area contributed by atoms with Crippen LogP contribution in [0.25, 0.3) is 0 Å². The second kappa shape index (κ2) is 9.37. The number of fused-ring (bicyclic) bond motifs is 1. The number of nitrogens with one attached hydrogen (secondary N) is 1. The minimum Gasteiger partial charge on any atom is -0.490 e. The van der Waals surface area contributed by atoms with Crippen molar-refractivity contribution in [1.29, 1.82) is 0 Å². The number of hydrogen-bond donors (Lipinski definition) is 2. The molecule has 3 N–H and O–H groups in total. The Balaban J connectivity index is 1.46. The van der Waals surface area contributed by atoms with Gasteiger partial charge in [0.1, 0.15) is 0 Å². The second-order valence-electron chi connectivity index (χ2n) is 7.38. The van der Waals surface area contributed by atoms with Crippen LogP contribution in [0.3, 0.4) is 0 Å². The molecule has 0 aromatic heterocycles. The number of rotatable bonds is 5. The number of halogens is 1. The summed E-state index contributed by atoms with van der Waals surface area (Å²) in [4.78, 5) is 7.08. The van der Waals surface area contributed by atoms with Gasteiger partial charge < -0.3 is 20.5 Å². The molecular weight excluding hydrogens is 388 g/mol. The number of nitrogens with zero attached hydrogens (tertiary/aromatic N) is 2. The molecule has 0 aliphatic carbocycles. The normalized spacial score (nSPS) is 18.3. The molecule has 0 radical (unpaired) electrons. The Morgan fingerprint density at radius 3 is 2.66 bits per heavy atom. The number of guanidine groups is 1. The minimum atomic E-state index is 0.167. The molecule has 0 spiro atoms. The maximum absolute atomic E-state index is 6.22. The SMILES string of the molecule is NC(=NCC(c1cccc(Cl)c1)N1CCCC1)Nc1ccc2c(c1)OCCCO2. The van der Waals surface area contributed by atoms with Crippen LogP contribution in [0.4, 0.5) is 5.69 Å². The smallest absolute Gasteiger partial charge is 0.193 e. The number of aliphatic imine (C=N–C) groups is 1. The molecule has 2 aliphatic rings. The number of ether oxygens (including phenoxy) is 2. The van der Waals surface area contributed by atoms with Gasteiger partial charge in [-0.05, 0) is 55.8 Å². The summed E-state index contributed by atoms with van der Waals surface area (Å²) in [6.45, 7) is 4.04. The van der Waals surface area contributed by atoms with E-state index in [1.165, 1.54) is 18.4 Å². The molecule has 154 valence electrons. The number of likely N-dealkylation sites (tertiary alicyclic amines) is 1. The average Bonchev–Trinajstić information content (AvgIpc) is 3.13. The zero-order valence-corrected chi connectivity index (χ0v) is 17.2. The Morgan fingerprint density at radius 2 is 1.86 bits per heavy atom. The minimum absolute atomic E-state index is 0.167. The van der Waals surface area contributed by atoms with E-state index < -0.39 is 0 Å². The summed E-state index contributed by atoms with van der Waals surface area (Å²) < 4.78 is 11.4. The first-order valence-electron chi connectivity index (χ1n) is 10.2. The summed E-state index contributed by atoms with van der Waals surface area (Å²) in [6, 6.07) is 13.9. The Labute approximate surface area is 176 Å². The van der Waals surface area contributed by atoms with Crippen LogP contribution in [0.2, 0.25) is 5.02 Å². The molecule has 1 unspecified atom stereocenters. The van der Waals surface area contributed by atoms with Crippen LogP contribution in [-0.4, -0.2) is 43.7 Å². The van der Waals surface area contributed by atoms with Crippen molar-refractivity contribution in [3.05, 3.63) is 53.1 Å². The van der Waals surface area contributed by atoms with Gasteiger partial charge in [0.05, 0.1) is 25.8 Å². The van der Waals surface area contributed by atoms with Gasteiger partial charge >= 0.3 is 0 Å². The van der Waals surface area contributed by atoms with E-state index >= 15 is 0 Å². The van der Waals surface area contributed by atoms with Crippen molar-refractivity contribution >= 4 is 23.2 Å². The van der Waals surface area contributed by atoms with E-state index in [4.69, 9.17) is 26.8 Å². The Kier molecular flexibility index (Phi) is 6.42. The van der Waals surface area contributed by atoms with Crippen LogP contribution in [0.1, 0.15) is 30.9 Å². The Bertz CT molecular complexity index is 868. The molecule has 6 nitrogen and oxygen atoms in total. The average molecular weight is 415 g/mol. The molecule has 0 amide bonds. The number of anilines is 1. The van der Waals surface area contributed by atoms with Crippen LogP contribution in [-0.2, 0) is 0 Å². The topological polar surface area (TPSA) is 72.1 Å². The zero-order chi connectivity index (χ0) is 20.1. The molecule has 2 aliphatic heterocycles. The van der Waals surface area contributed by atoms with E-state index in [2.05, 4.69) is 21.3 Å². The standard InChI is InChI=1S/C22H27ClN4O2/c23-17-6-3-5-16(13-17)19(27-9-1-2-10-27)15-25-22(24)26-18-7-8-20-21(14-18)29-12-4-11-28-20/h3,5-8,13-14,19H,1-2,4,9-12,15H2,(H3,24,25,26).